The molecule has 0 aliphatic rings. The minimum Gasteiger partial charge on any atom is -0.374 e. The van der Waals surface area contributed by atoms with Crippen molar-refractivity contribution in [3.05, 3.63) is 59.7 Å². The van der Waals surface area contributed by atoms with Crippen molar-refractivity contribution in [1.82, 2.24) is 0 Å². The second kappa shape index (κ2) is 8.00. The second-order valence-corrected chi connectivity index (χ2v) is 5.49. The number of benzene rings is 2. The Morgan fingerprint density at radius 3 is 2.57 bits per heavy atom. The first-order chi connectivity index (χ1) is 11.1. The molecule has 0 radical (unpaired) electrons. The number of carbonyl (C=O) groups excluding carboxylic acids is 1. The normalized spacial score (nSPS) is 11.3. The Labute approximate surface area is 137 Å². The Kier molecular flexibility index (Phi) is 5.76. The monoisotopic (exact) mass is 307 g/mol. The van der Waals surface area contributed by atoms with Crippen LogP contribution in [0.2, 0.25) is 0 Å². The highest BCUT2D eigenvalue weighted by atomic mass is 16.2. The van der Waals surface area contributed by atoms with E-state index in [-0.39, 0.29) is 11.9 Å². The average molecular weight is 307 g/mol. The number of carbonyl (C=O) groups is 1. The molecule has 0 saturated carbocycles. The van der Waals surface area contributed by atoms with E-state index in [1.807, 2.05) is 19.1 Å². The third-order valence-corrected chi connectivity index (χ3v) is 3.53. The van der Waals surface area contributed by atoms with Crippen molar-refractivity contribution >= 4 is 17.3 Å². The van der Waals surface area contributed by atoms with Gasteiger partial charge in [-0.25, -0.2) is 0 Å². The Morgan fingerprint density at radius 1 is 1.17 bits per heavy atom. The molecule has 0 saturated heterocycles. The topological polar surface area (TPSA) is 64.9 Å². The van der Waals surface area contributed by atoms with Gasteiger partial charge in [-0.2, -0.15) is 5.26 Å². The third kappa shape index (κ3) is 4.86. The molecule has 0 bridgehead atoms. The summed E-state index contributed by atoms with van der Waals surface area (Å²) >= 11 is 0. The fourth-order valence-electron chi connectivity index (χ4n) is 2.29. The van der Waals surface area contributed by atoms with Gasteiger partial charge >= 0.3 is 0 Å². The molecular weight excluding hydrogens is 286 g/mol. The number of hydrogen-bond donors (Lipinski definition) is 2. The van der Waals surface area contributed by atoms with Crippen molar-refractivity contribution in [2.45, 2.75) is 32.7 Å². The first kappa shape index (κ1) is 16.6. The summed E-state index contributed by atoms with van der Waals surface area (Å²) in [5.74, 6) is -0.141. The van der Waals surface area contributed by atoms with Gasteiger partial charge in [0.2, 0.25) is 5.91 Å². The zero-order valence-electron chi connectivity index (χ0n) is 13.5. The van der Waals surface area contributed by atoms with Crippen LogP contribution in [0.25, 0.3) is 0 Å². The van der Waals surface area contributed by atoms with Crippen LogP contribution < -0.4 is 10.6 Å². The minimum absolute atomic E-state index is 0.141. The molecule has 2 aromatic carbocycles. The van der Waals surface area contributed by atoms with Crippen molar-refractivity contribution in [2.24, 2.45) is 0 Å². The molecule has 2 N–H and O–H groups in total. The predicted molar refractivity (Wildman–Crippen MR) is 93.3 cm³/mol. The summed E-state index contributed by atoms with van der Waals surface area (Å²) in [5.41, 5.74) is 3.36. The molecule has 2 aromatic rings. The molecule has 0 fully saturated rings. The van der Waals surface area contributed by atoms with Gasteiger partial charge in [0.1, 0.15) is 6.04 Å². The molecule has 23 heavy (non-hydrogen) atoms. The van der Waals surface area contributed by atoms with Gasteiger partial charge in [0.15, 0.2) is 0 Å². The third-order valence-electron chi connectivity index (χ3n) is 3.53. The number of nitriles is 1. The second-order valence-electron chi connectivity index (χ2n) is 5.49. The van der Waals surface area contributed by atoms with E-state index in [2.05, 4.69) is 35.8 Å². The van der Waals surface area contributed by atoms with Crippen molar-refractivity contribution in [1.29, 1.82) is 5.26 Å². The molecular formula is C19H21N3O. The van der Waals surface area contributed by atoms with Gasteiger partial charge in [0, 0.05) is 11.4 Å². The summed E-state index contributed by atoms with van der Waals surface area (Å²) in [7, 11) is 0. The summed E-state index contributed by atoms with van der Waals surface area (Å²) in [5, 5.41) is 14.9. The molecule has 118 valence electrons. The van der Waals surface area contributed by atoms with Crippen LogP contribution in [0.1, 0.15) is 31.4 Å². The highest BCUT2D eigenvalue weighted by molar-refractivity contribution is 5.96. The van der Waals surface area contributed by atoms with Crippen LogP contribution >= 0.6 is 0 Å². The first-order valence-corrected chi connectivity index (χ1v) is 7.79. The number of nitrogens with zero attached hydrogens (tertiary/aromatic N) is 1. The largest absolute Gasteiger partial charge is 0.374 e. The average Bonchev–Trinajstić information content (AvgIpc) is 2.57. The first-order valence-electron chi connectivity index (χ1n) is 7.79. The lowest BCUT2D eigenvalue weighted by atomic mass is 10.1. The zero-order chi connectivity index (χ0) is 16.7. The molecule has 2 rings (SSSR count). The van der Waals surface area contributed by atoms with Crippen LogP contribution in [0, 0.1) is 11.3 Å². The van der Waals surface area contributed by atoms with E-state index in [4.69, 9.17) is 5.26 Å². The lowest BCUT2D eigenvalue weighted by molar-refractivity contribution is -0.116. The van der Waals surface area contributed by atoms with E-state index >= 15 is 0 Å². The highest BCUT2D eigenvalue weighted by Crippen LogP contribution is 2.14. The van der Waals surface area contributed by atoms with E-state index in [0.717, 1.165) is 18.5 Å². The van der Waals surface area contributed by atoms with Crippen LogP contribution in [-0.4, -0.2) is 11.9 Å². The molecule has 1 amide bonds. The quantitative estimate of drug-likeness (QED) is 0.849. The summed E-state index contributed by atoms with van der Waals surface area (Å²) in [6.07, 6.45) is 2.18. The van der Waals surface area contributed by atoms with Crippen LogP contribution in [0.4, 0.5) is 11.4 Å². The van der Waals surface area contributed by atoms with Gasteiger partial charge < -0.3 is 10.6 Å². The summed E-state index contributed by atoms with van der Waals surface area (Å²) in [4.78, 5) is 12.2. The zero-order valence-corrected chi connectivity index (χ0v) is 13.5. The fraction of sp³-hybridized carbons (Fsp3) is 0.263. The van der Waals surface area contributed by atoms with Gasteiger partial charge in [-0.05, 0) is 49.2 Å². The molecule has 0 unspecified atom stereocenters. The molecule has 4 nitrogen and oxygen atoms in total. The van der Waals surface area contributed by atoms with Crippen molar-refractivity contribution in [2.75, 3.05) is 10.6 Å². The van der Waals surface area contributed by atoms with E-state index in [1.165, 1.54) is 5.56 Å². The number of amides is 1. The number of rotatable bonds is 6. The van der Waals surface area contributed by atoms with Gasteiger partial charge in [-0.1, -0.05) is 31.5 Å². The molecule has 0 spiro atoms. The number of anilines is 2. The molecule has 4 heteroatoms. The maximum Gasteiger partial charge on any atom is 0.246 e. The number of hydrogen-bond acceptors (Lipinski definition) is 3. The molecule has 0 aromatic heterocycles. The lowest BCUT2D eigenvalue weighted by Crippen LogP contribution is -2.31. The standard InChI is InChI=1S/C19H21N3O/c1-3-5-15-8-10-17(11-9-15)21-14(2)19(23)22-18-7-4-6-16(12-18)13-20/h4,6-12,14,21H,3,5H2,1-2H3,(H,22,23)/t14-/m1/s1. The minimum atomic E-state index is -0.377. The van der Waals surface area contributed by atoms with E-state index < -0.39 is 0 Å². The number of nitrogens with one attached hydrogen (secondary N) is 2. The van der Waals surface area contributed by atoms with E-state index in [9.17, 15) is 4.79 Å². The van der Waals surface area contributed by atoms with Crippen LogP contribution in [0.3, 0.4) is 0 Å². The lowest BCUT2D eigenvalue weighted by Gasteiger charge is -2.15. The Balaban J connectivity index is 1.95. The Bertz CT molecular complexity index is 701. The van der Waals surface area contributed by atoms with Crippen LogP contribution in [0.5, 0.6) is 0 Å². The molecule has 0 heterocycles. The summed E-state index contributed by atoms with van der Waals surface area (Å²) in [6, 6.07) is 16.7. The SMILES string of the molecule is CCCc1ccc(N[C@H](C)C(=O)Nc2cccc(C#N)c2)cc1. The highest BCUT2D eigenvalue weighted by Gasteiger charge is 2.13. The van der Waals surface area contributed by atoms with Crippen molar-refractivity contribution in [3.8, 4) is 6.07 Å². The van der Waals surface area contributed by atoms with Gasteiger partial charge in [0.05, 0.1) is 11.6 Å². The molecule has 0 aliphatic carbocycles. The summed E-state index contributed by atoms with van der Waals surface area (Å²) < 4.78 is 0. The smallest absolute Gasteiger partial charge is 0.246 e. The maximum absolute atomic E-state index is 12.2. The predicted octanol–water partition coefficient (Wildman–Crippen LogP) is 3.95. The van der Waals surface area contributed by atoms with Gasteiger partial charge in [-0.15, -0.1) is 0 Å². The maximum atomic E-state index is 12.2. The Hall–Kier alpha value is -2.80. The van der Waals surface area contributed by atoms with Gasteiger partial charge in [0.25, 0.3) is 0 Å². The van der Waals surface area contributed by atoms with Crippen LogP contribution in [-0.2, 0) is 11.2 Å². The van der Waals surface area contributed by atoms with Gasteiger partial charge in [-0.3, -0.25) is 4.79 Å². The summed E-state index contributed by atoms with van der Waals surface area (Å²) in [6.45, 7) is 3.96. The van der Waals surface area contributed by atoms with E-state index in [1.54, 1.807) is 24.3 Å². The fourth-order valence-corrected chi connectivity index (χ4v) is 2.29. The molecule has 1 atom stereocenters. The van der Waals surface area contributed by atoms with E-state index in [0.29, 0.717) is 11.3 Å². The van der Waals surface area contributed by atoms with Crippen molar-refractivity contribution in [3.63, 3.8) is 0 Å². The Morgan fingerprint density at radius 2 is 1.91 bits per heavy atom. The molecule has 0 aliphatic heterocycles. The number of aryl methyl sites for hydroxylation is 1. The van der Waals surface area contributed by atoms with Crippen molar-refractivity contribution < 1.29 is 4.79 Å². The van der Waals surface area contributed by atoms with Crippen LogP contribution in [0.15, 0.2) is 48.5 Å².